The van der Waals surface area contributed by atoms with Crippen LogP contribution in [0.5, 0.6) is 0 Å². The van der Waals surface area contributed by atoms with Crippen LogP contribution in [0, 0.1) is 0 Å². The zero-order chi connectivity index (χ0) is 14.7. The van der Waals surface area contributed by atoms with Gasteiger partial charge in [-0.25, -0.2) is 9.78 Å². The minimum Gasteiger partial charge on any atom is -0.456 e. The van der Waals surface area contributed by atoms with Gasteiger partial charge in [-0.3, -0.25) is 0 Å². The molecule has 3 rings (SSSR count). The van der Waals surface area contributed by atoms with Crippen LogP contribution in [0.4, 0.5) is 0 Å². The van der Waals surface area contributed by atoms with Gasteiger partial charge in [-0.15, -0.1) is 22.7 Å². The molecule has 0 unspecified atom stereocenters. The van der Waals surface area contributed by atoms with Crippen molar-refractivity contribution < 1.29 is 9.53 Å². The molecule has 106 valence electrons. The number of thiophene rings is 1. The Bertz CT molecular complexity index is 735. The minimum absolute atomic E-state index is 0.170. The summed E-state index contributed by atoms with van der Waals surface area (Å²) in [6.45, 7) is 0.170. The number of benzene rings is 1. The van der Waals surface area contributed by atoms with Gasteiger partial charge in [0, 0.05) is 10.4 Å². The molecule has 3 nitrogen and oxygen atoms in total. The highest BCUT2D eigenvalue weighted by Gasteiger charge is 2.10. The van der Waals surface area contributed by atoms with Crippen LogP contribution in [0.3, 0.4) is 0 Å². The molecule has 0 radical (unpaired) electrons. The molecular weight excluding hydrogens is 326 g/mol. The van der Waals surface area contributed by atoms with E-state index in [-0.39, 0.29) is 12.6 Å². The fourth-order valence-electron chi connectivity index (χ4n) is 1.70. The monoisotopic (exact) mass is 335 g/mol. The van der Waals surface area contributed by atoms with Gasteiger partial charge in [-0.2, -0.15) is 0 Å². The van der Waals surface area contributed by atoms with Gasteiger partial charge in [-0.1, -0.05) is 17.7 Å². The summed E-state index contributed by atoms with van der Waals surface area (Å²) in [5.74, 6) is -0.377. The van der Waals surface area contributed by atoms with E-state index in [2.05, 4.69) is 4.98 Å². The summed E-state index contributed by atoms with van der Waals surface area (Å²) in [6, 6.07) is 10.6. The van der Waals surface area contributed by atoms with E-state index >= 15 is 0 Å². The predicted molar refractivity (Wildman–Crippen MR) is 86.0 cm³/mol. The number of halogens is 1. The number of rotatable bonds is 4. The molecule has 0 N–H and O–H groups in total. The molecule has 0 saturated heterocycles. The fourth-order valence-corrected chi connectivity index (χ4v) is 3.44. The van der Waals surface area contributed by atoms with Crippen LogP contribution in [-0.2, 0) is 11.3 Å². The van der Waals surface area contributed by atoms with Crippen molar-refractivity contribution in [1.82, 2.24) is 4.98 Å². The first-order valence-electron chi connectivity index (χ1n) is 6.13. The van der Waals surface area contributed by atoms with Crippen LogP contribution in [0.15, 0.2) is 47.2 Å². The number of hydrogen-bond acceptors (Lipinski definition) is 5. The van der Waals surface area contributed by atoms with Gasteiger partial charge in [-0.05, 0) is 35.7 Å². The quantitative estimate of drug-likeness (QED) is 0.638. The van der Waals surface area contributed by atoms with Crippen LogP contribution < -0.4 is 0 Å². The van der Waals surface area contributed by atoms with E-state index < -0.39 is 0 Å². The molecule has 0 spiro atoms. The Kier molecular flexibility index (Phi) is 4.34. The molecule has 1 aromatic carbocycles. The Hall–Kier alpha value is -1.69. The molecule has 0 aliphatic carbocycles. The van der Waals surface area contributed by atoms with Gasteiger partial charge in [0.05, 0.1) is 16.1 Å². The van der Waals surface area contributed by atoms with Crippen molar-refractivity contribution in [3.63, 3.8) is 0 Å². The SMILES string of the molecule is O=C(OCc1csc(-c2cccs2)n1)c1ccc(Cl)cc1. The zero-order valence-electron chi connectivity index (χ0n) is 10.8. The van der Waals surface area contributed by atoms with Crippen LogP contribution in [0.2, 0.25) is 5.02 Å². The minimum atomic E-state index is -0.377. The Balaban J connectivity index is 1.62. The first-order valence-corrected chi connectivity index (χ1v) is 8.27. The van der Waals surface area contributed by atoms with Gasteiger partial charge in [0.15, 0.2) is 0 Å². The van der Waals surface area contributed by atoms with E-state index in [0.29, 0.717) is 10.6 Å². The van der Waals surface area contributed by atoms with Gasteiger partial charge in [0.1, 0.15) is 11.6 Å². The molecule has 0 bridgehead atoms. The second-order valence-corrected chi connectivity index (χ2v) is 6.45. The van der Waals surface area contributed by atoms with Crippen LogP contribution in [-0.4, -0.2) is 11.0 Å². The molecule has 2 heterocycles. The Morgan fingerprint density at radius 1 is 1.19 bits per heavy atom. The number of esters is 1. The molecular formula is C15H10ClNO2S2. The summed E-state index contributed by atoms with van der Waals surface area (Å²) in [5.41, 5.74) is 1.24. The third kappa shape index (κ3) is 3.50. The van der Waals surface area contributed by atoms with E-state index in [0.717, 1.165) is 15.6 Å². The number of nitrogens with zero attached hydrogens (tertiary/aromatic N) is 1. The number of thiazole rings is 1. The lowest BCUT2D eigenvalue weighted by Gasteiger charge is -2.02. The van der Waals surface area contributed by atoms with Crippen molar-refractivity contribution in [2.45, 2.75) is 6.61 Å². The average molecular weight is 336 g/mol. The first-order chi connectivity index (χ1) is 10.2. The third-order valence-corrected chi connectivity index (χ3v) is 4.90. The third-order valence-electron chi connectivity index (χ3n) is 2.71. The number of aromatic nitrogens is 1. The summed E-state index contributed by atoms with van der Waals surface area (Å²) in [6.07, 6.45) is 0. The maximum Gasteiger partial charge on any atom is 0.338 e. The topological polar surface area (TPSA) is 39.2 Å². The molecule has 6 heteroatoms. The zero-order valence-corrected chi connectivity index (χ0v) is 13.2. The van der Waals surface area contributed by atoms with Crippen LogP contribution in [0.1, 0.15) is 16.1 Å². The largest absolute Gasteiger partial charge is 0.456 e. The van der Waals surface area contributed by atoms with Gasteiger partial charge in [0.2, 0.25) is 0 Å². The molecule has 0 aliphatic rings. The van der Waals surface area contributed by atoms with Gasteiger partial charge in [0.25, 0.3) is 0 Å². The number of carbonyl (C=O) groups excluding carboxylic acids is 1. The van der Waals surface area contributed by atoms with E-state index in [1.807, 2.05) is 22.9 Å². The summed E-state index contributed by atoms with van der Waals surface area (Å²) in [5, 5.41) is 5.45. The van der Waals surface area contributed by atoms with E-state index in [4.69, 9.17) is 16.3 Å². The Labute approximate surface area is 134 Å². The molecule has 3 aromatic rings. The fraction of sp³-hybridized carbons (Fsp3) is 0.0667. The van der Waals surface area contributed by atoms with Crippen molar-refractivity contribution in [3.05, 3.63) is 63.4 Å². The lowest BCUT2D eigenvalue weighted by molar-refractivity contribution is 0.0468. The number of ether oxygens (including phenoxy) is 1. The molecule has 0 aliphatic heterocycles. The van der Waals surface area contributed by atoms with Gasteiger partial charge >= 0.3 is 5.97 Å². The maximum atomic E-state index is 11.9. The van der Waals surface area contributed by atoms with Crippen molar-refractivity contribution in [2.24, 2.45) is 0 Å². The highest BCUT2D eigenvalue weighted by Crippen LogP contribution is 2.28. The standard InChI is InChI=1S/C15H10ClNO2S2/c16-11-5-3-10(4-6-11)15(18)19-8-12-9-21-14(17-12)13-2-1-7-20-13/h1-7,9H,8H2. The van der Waals surface area contributed by atoms with Crippen LogP contribution >= 0.6 is 34.3 Å². The highest BCUT2D eigenvalue weighted by atomic mass is 35.5. The predicted octanol–water partition coefficient (Wildman–Crippen LogP) is 4.88. The normalized spacial score (nSPS) is 10.5. The van der Waals surface area contributed by atoms with Gasteiger partial charge < -0.3 is 4.74 Å². The van der Waals surface area contributed by atoms with Crippen molar-refractivity contribution in [1.29, 1.82) is 0 Å². The van der Waals surface area contributed by atoms with Crippen molar-refractivity contribution in [2.75, 3.05) is 0 Å². The van der Waals surface area contributed by atoms with Crippen molar-refractivity contribution >= 4 is 40.2 Å². The second-order valence-electron chi connectivity index (χ2n) is 4.20. The smallest absolute Gasteiger partial charge is 0.338 e. The molecule has 2 aromatic heterocycles. The highest BCUT2D eigenvalue weighted by molar-refractivity contribution is 7.20. The molecule has 0 amide bonds. The summed E-state index contributed by atoms with van der Waals surface area (Å²) >= 11 is 8.97. The molecule has 0 atom stereocenters. The second kappa shape index (κ2) is 6.39. The maximum absolute atomic E-state index is 11.9. The Morgan fingerprint density at radius 3 is 2.71 bits per heavy atom. The summed E-state index contributed by atoms with van der Waals surface area (Å²) in [7, 11) is 0. The van der Waals surface area contributed by atoms with Crippen LogP contribution in [0.25, 0.3) is 9.88 Å². The molecule has 21 heavy (non-hydrogen) atoms. The Morgan fingerprint density at radius 2 is 2.00 bits per heavy atom. The molecule has 0 saturated carbocycles. The molecule has 0 fully saturated rings. The van der Waals surface area contributed by atoms with E-state index in [1.165, 1.54) is 0 Å². The first kappa shape index (κ1) is 14.3. The number of hydrogen-bond donors (Lipinski definition) is 0. The van der Waals surface area contributed by atoms with E-state index in [1.54, 1.807) is 46.9 Å². The average Bonchev–Trinajstić information content (AvgIpc) is 3.16. The van der Waals surface area contributed by atoms with Crippen molar-refractivity contribution in [3.8, 4) is 9.88 Å². The van der Waals surface area contributed by atoms with E-state index in [9.17, 15) is 4.79 Å². The summed E-state index contributed by atoms with van der Waals surface area (Å²) < 4.78 is 5.25. The summed E-state index contributed by atoms with van der Waals surface area (Å²) in [4.78, 5) is 17.5. The number of carbonyl (C=O) groups is 1. The lowest BCUT2D eigenvalue weighted by Crippen LogP contribution is -2.05. The lowest BCUT2D eigenvalue weighted by atomic mass is 10.2.